The monoisotopic (exact) mass is 404 g/mol. The third kappa shape index (κ3) is 4.13. The molecule has 1 aromatic heterocycles. The summed E-state index contributed by atoms with van der Waals surface area (Å²) in [4.78, 5) is 24.3. The van der Waals surface area contributed by atoms with Crippen LogP contribution in [0, 0.1) is 0 Å². The van der Waals surface area contributed by atoms with Gasteiger partial charge in [0.1, 0.15) is 17.6 Å². The zero-order chi connectivity index (χ0) is 21.1. The Balaban J connectivity index is 1.41. The summed E-state index contributed by atoms with van der Waals surface area (Å²) < 4.78 is 11.1. The molecule has 3 aromatic rings. The summed E-state index contributed by atoms with van der Waals surface area (Å²) in [6, 6.07) is 15.2. The number of nitrogens with zero attached hydrogens (tertiary/aromatic N) is 1. The maximum absolute atomic E-state index is 12.3. The molecular weight excluding hydrogens is 380 g/mol. The van der Waals surface area contributed by atoms with Gasteiger partial charge in [-0.15, -0.1) is 0 Å². The first-order valence-corrected chi connectivity index (χ1v) is 10.2. The lowest BCUT2D eigenvalue weighted by molar-refractivity contribution is 0.0923. The van der Waals surface area contributed by atoms with Crippen molar-refractivity contribution in [3.05, 3.63) is 71.1 Å². The number of carbonyl (C=O) groups excluding carboxylic acids is 2. The number of rotatable bonds is 7. The number of hydrogen-bond donors (Lipinski definition) is 1. The van der Waals surface area contributed by atoms with Gasteiger partial charge in [-0.25, -0.2) is 0 Å². The van der Waals surface area contributed by atoms with Crippen LogP contribution in [0.15, 0.2) is 53.1 Å². The van der Waals surface area contributed by atoms with Gasteiger partial charge in [0.25, 0.3) is 5.91 Å². The lowest BCUT2D eigenvalue weighted by atomic mass is 9.95. The second-order valence-corrected chi connectivity index (χ2v) is 7.51. The van der Waals surface area contributed by atoms with Crippen LogP contribution in [-0.2, 0) is 12.8 Å². The lowest BCUT2D eigenvalue weighted by Crippen LogP contribution is -2.34. The van der Waals surface area contributed by atoms with Gasteiger partial charge in [0.05, 0.1) is 6.54 Å². The van der Waals surface area contributed by atoms with Crippen molar-refractivity contribution in [2.75, 3.05) is 6.54 Å². The topological polar surface area (TPSA) is 81.4 Å². The van der Waals surface area contributed by atoms with E-state index >= 15 is 0 Å². The van der Waals surface area contributed by atoms with Crippen LogP contribution in [0.1, 0.15) is 52.4 Å². The van der Waals surface area contributed by atoms with Gasteiger partial charge in [-0.3, -0.25) is 9.59 Å². The van der Waals surface area contributed by atoms with Gasteiger partial charge in [0, 0.05) is 24.5 Å². The average Bonchev–Trinajstić information content (AvgIpc) is 3.38. The Labute approximate surface area is 175 Å². The standard InChI is InChI=1S/C24H24N2O4/c1-3-6-18-13-22(26-30-18)24(28)25-14-19-12-17-11-16(9-10-23(17)29-19)21-8-5-4-7-20(21)15(2)27/h4-5,7-11,13,19H,3,6,12,14H2,1-2H3,(H,25,28)/t19-/m0/s1. The molecule has 0 spiro atoms. The van der Waals surface area contributed by atoms with Crippen LogP contribution in [0.4, 0.5) is 0 Å². The minimum absolute atomic E-state index is 0.0397. The normalized spacial score (nSPS) is 14.8. The maximum Gasteiger partial charge on any atom is 0.273 e. The van der Waals surface area contributed by atoms with Crippen LogP contribution in [0.5, 0.6) is 5.75 Å². The zero-order valence-corrected chi connectivity index (χ0v) is 17.1. The first-order valence-electron chi connectivity index (χ1n) is 10.2. The van der Waals surface area contributed by atoms with Crippen molar-refractivity contribution in [3.8, 4) is 16.9 Å². The second-order valence-electron chi connectivity index (χ2n) is 7.51. The largest absolute Gasteiger partial charge is 0.488 e. The van der Waals surface area contributed by atoms with Crippen molar-refractivity contribution in [3.63, 3.8) is 0 Å². The Morgan fingerprint density at radius 3 is 2.80 bits per heavy atom. The molecule has 1 aliphatic heterocycles. The maximum atomic E-state index is 12.3. The van der Waals surface area contributed by atoms with E-state index in [0.29, 0.717) is 24.3 Å². The minimum atomic E-state index is -0.267. The summed E-state index contributed by atoms with van der Waals surface area (Å²) in [6.45, 7) is 4.00. The number of hydrogen-bond acceptors (Lipinski definition) is 5. The molecule has 30 heavy (non-hydrogen) atoms. The number of benzene rings is 2. The smallest absolute Gasteiger partial charge is 0.273 e. The predicted octanol–water partition coefficient (Wildman–Crippen LogP) is 4.23. The number of ketones is 1. The molecule has 0 saturated heterocycles. The Kier molecular flexibility index (Phi) is 5.65. The third-order valence-corrected chi connectivity index (χ3v) is 5.20. The van der Waals surface area contributed by atoms with E-state index in [-0.39, 0.29) is 23.5 Å². The molecule has 4 rings (SSSR count). The fraction of sp³-hybridized carbons (Fsp3) is 0.292. The van der Waals surface area contributed by atoms with E-state index in [1.54, 1.807) is 13.0 Å². The number of nitrogens with one attached hydrogen (secondary N) is 1. The molecule has 0 aliphatic carbocycles. The number of amides is 1. The Morgan fingerprint density at radius 2 is 2.00 bits per heavy atom. The number of carbonyl (C=O) groups is 2. The number of aromatic nitrogens is 1. The molecule has 1 N–H and O–H groups in total. The van der Waals surface area contributed by atoms with Crippen LogP contribution < -0.4 is 10.1 Å². The van der Waals surface area contributed by atoms with Crippen LogP contribution in [0.2, 0.25) is 0 Å². The molecule has 0 bridgehead atoms. The Morgan fingerprint density at radius 1 is 1.17 bits per heavy atom. The second kappa shape index (κ2) is 8.53. The van der Waals surface area contributed by atoms with E-state index in [1.165, 1.54) is 0 Å². The van der Waals surface area contributed by atoms with E-state index in [2.05, 4.69) is 16.5 Å². The van der Waals surface area contributed by atoms with Gasteiger partial charge in [-0.2, -0.15) is 0 Å². The van der Waals surface area contributed by atoms with Crippen molar-refractivity contribution < 1.29 is 18.8 Å². The van der Waals surface area contributed by atoms with Gasteiger partial charge in [0.15, 0.2) is 11.5 Å². The summed E-state index contributed by atoms with van der Waals surface area (Å²) >= 11 is 0. The molecule has 1 amide bonds. The molecule has 154 valence electrons. The highest BCUT2D eigenvalue weighted by molar-refractivity contribution is 6.00. The average molecular weight is 404 g/mol. The number of Topliss-reactive ketones (excluding diaryl/α,β-unsaturated/α-hetero) is 1. The van der Waals surface area contributed by atoms with Gasteiger partial charge < -0.3 is 14.6 Å². The molecule has 6 nitrogen and oxygen atoms in total. The fourth-order valence-electron chi connectivity index (χ4n) is 3.72. The van der Waals surface area contributed by atoms with Gasteiger partial charge >= 0.3 is 0 Å². The van der Waals surface area contributed by atoms with E-state index < -0.39 is 0 Å². The Hall–Kier alpha value is -3.41. The van der Waals surface area contributed by atoms with Crippen molar-refractivity contribution in [1.29, 1.82) is 0 Å². The van der Waals surface area contributed by atoms with Crippen molar-refractivity contribution >= 4 is 11.7 Å². The number of fused-ring (bicyclic) bond motifs is 1. The van der Waals surface area contributed by atoms with Crippen molar-refractivity contribution in [1.82, 2.24) is 10.5 Å². The minimum Gasteiger partial charge on any atom is -0.488 e. The molecule has 0 saturated carbocycles. The van der Waals surface area contributed by atoms with Crippen molar-refractivity contribution in [2.45, 2.75) is 39.2 Å². The number of ether oxygens (including phenoxy) is 1. The SMILES string of the molecule is CCCc1cc(C(=O)NC[C@@H]2Cc3cc(-c4ccccc4C(C)=O)ccc3O2)no1. The van der Waals surface area contributed by atoms with E-state index in [1.807, 2.05) is 43.3 Å². The van der Waals surface area contributed by atoms with Gasteiger partial charge in [-0.1, -0.05) is 42.4 Å². The van der Waals surface area contributed by atoms with E-state index in [0.717, 1.165) is 35.3 Å². The highest BCUT2D eigenvalue weighted by Crippen LogP contribution is 2.34. The fourth-order valence-corrected chi connectivity index (χ4v) is 3.72. The molecule has 1 aliphatic rings. The molecule has 2 aromatic carbocycles. The summed E-state index contributed by atoms with van der Waals surface area (Å²) in [5.41, 5.74) is 3.96. The van der Waals surface area contributed by atoms with Crippen LogP contribution >= 0.6 is 0 Å². The van der Waals surface area contributed by atoms with Gasteiger partial charge in [0.2, 0.25) is 0 Å². The summed E-state index contributed by atoms with van der Waals surface area (Å²) in [7, 11) is 0. The summed E-state index contributed by atoms with van der Waals surface area (Å²) in [5, 5.41) is 6.70. The van der Waals surface area contributed by atoms with Crippen LogP contribution in [0.25, 0.3) is 11.1 Å². The molecule has 0 radical (unpaired) electrons. The first kappa shape index (κ1) is 19.9. The predicted molar refractivity (Wildman–Crippen MR) is 113 cm³/mol. The molecular formula is C24H24N2O4. The summed E-state index contributed by atoms with van der Waals surface area (Å²) in [5.74, 6) is 1.30. The lowest BCUT2D eigenvalue weighted by Gasteiger charge is -2.11. The summed E-state index contributed by atoms with van der Waals surface area (Å²) in [6.07, 6.45) is 2.23. The molecule has 2 heterocycles. The zero-order valence-electron chi connectivity index (χ0n) is 17.1. The van der Waals surface area contributed by atoms with Crippen LogP contribution in [0.3, 0.4) is 0 Å². The Bertz CT molecular complexity index is 1090. The molecule has 0 unspecified atom stereocenters. The molecule has 6 heteroatoms. The first-order chi connectivity index (χ1) is 14.5. The van der Waals surface area contributed by atoms with Gasteiger partial charge in [-0.05, 0) is 42.2 Å². The van der Waals surface area contributed by atoms with Crippen molar-refractivity contribution in [2.24, 2.45) is 0 Å². The quantitative estimate of drug-likeness (QED) is 0.596. The molecule has 1 atom stereocenters. The highest BCUT2D eigenvalue weighted by Gasteiger charge is 2.25. The van der Waals surface area contributed by atoms with E-state index in [4.69, 9.17) is 9.26 Å². The van der Waals surface area contributed by atoms with E-state index in [9.17, 15) is 9.59 Å². The van der Waals surface area contributed by atoms with Crippen LogP contribution in [-0.4, -0.2) is 29.5 Å². The molecule has 0 fully saturated rings. The highest BCUT2D eigenvalue weighted by atomic mass is 16.5. The number of aryl methyl sites for hydroxylation is 1. The third-order valence-electron chi connectivity index (χ3n) is 5.20.